The molecule has 0 saturated carbocycles. The van der Waals surface area contributed by atoms with E-state index in [2.05, 4.69) is 16.0 Å². The number of hydrogen-bond acceptors (Lipinski definition) is 5. The summed E-state index contributed by atoms with van der Waals surface area (Å²) in [5.41, 5.74) is 2.81. The highest BCUT2D eigenvalue weighted by atomic mass is 16.5. The van der Waals surface area contributed by atoms with Crippen molar-refractivity contribution in [3.8, 4) is 6.07 Å². The lowest BCUT2D eigenvalue weighted by molar-refractivity contribution is 0.0465. The normalized spacial score (nSPS) is 10.4. The number of aryl methyl sites for hydroxylation is 1. The van der Waals surface area contributed by atoms with E-state index in [-0.39, 0.29) is 12.3 Å². The third-order valence-electron chi connectivity index (χ3n) is 3.22. The van der Waals surface area contributed by atoms with Gasteiger partial charge in [-0.2, -0.15) is 5.26 Å². The third-order valence-corrected chi connectivity index (χ3v) is 3.22. The lowest BCUT2D eigenvalue weighted by Gasteiger charge is -2.03. The molecule has 0 aliphatic rings. The SMILES string of the molecule is Cc1cnc(C(=O)OCc2cn3ccccc3c2C#N)cn1. The van der Waals surface area contributed by atoms with Gasteiger partial charge in [-0.25, -0.2) is 9.78 Å². The van der Waals surface area contributed by atoms with Crippen LogP contribution in [0.2, 0.25) is 0 Å². The van der Waals surface area contributed by atoms with Crippen molar-refractivity contribution in [3.05, 3.63) is 65.5 Å². The van der Waals surface area contributed by atoms with E-state index >= 15 is 0 Å². The predicted molar refractivity (Wildman–Crippen MR) is 78.0 cm³/mol. The Bertz CT molecular complexity index is 875. The summed E-state index contributed by atoms with van der Waals surface area (Å²) in [5, 5.41) is 9.29. The fourth-order valence-electron chi connectivity index (χ4n) is 2.13. The smallest absolute Gasteiger partial charge is 0.358 e. The Hall–Kier alpha value is -3.20. The minimum Gasteiger partial charge on any atom is -0.456 e. The molecule has 0 fully saturated rings. The highest BCUT2D eigenvalue weighted by Crippen LogP contribution is 2.18. The average molecular weight is 292 g/mol. The van der Waals surface area contributed by atoms with Gasteiger partial charge in [0.05, 0.1) is 23.0 Å². The maximum Gasteiger partial charge on any atom is 0.358 e. The van der Waals surface area contributed by atoms with E-state index in [0.717, 1.165) is 11.2 Å². The summed E-state index contributed by atoms with van der Waals surface area (Å²) >= 11 is 0. The molecule has 3 aromatic rings. The first-order chi connectivity index (χ1) is 10.7. The molecule has 0 bridgehead atoms. The highest BCUT2D eigenvalue weighted by Gasteiger charge is 2.14. The molecule has 0 N–H and O–H groups in total. The Morgan fingerprint density at radius 1 is 1.36 bits per heavy atom. The van der Waals surface area contributed by atoms with Gasteiger partial charge in [-0.1, -0.05) is 6.07 Å². The molecule has 6 nitrogen and oxygen atoms in total. The van der Waals surface area contributed by atoms with Crippen molar-refractivity contribution in [2.24, 2.45) is 0 Å². The fraction of sp³-hybridized carbons (Fsp3) is 0.125. The average Bonchev–Trinajstić information content (AvgIpc) is 2.90. The van der Waals surface area contributed by atoms with Gasteiger partial charge in [-0.3, -0.25) is 4.98 Å². The Morgan fingerprint density at radius 2 is 2.23 bits per heavy atom. The molecule has 3 rings (SSSR count). The lowest BCUT2D eigenvalue weighted by atomic mass is 10.2. The van der Waals surface area contributed by atoms with Gasteiger partial charge in [0.1, 0.15) is 12.7 Å². The number of rotatable bonds is 3. The molecular formula is C16H12N4O2. The van der Waals surface area contributed by atoms with Crippen molar-refractivity contribution in [1.82, 2.24) is 14.4 Å². The standard InChI is InChI=1S/C16H12N4O2/c1-11-7-19-14(8-18-11)16(21)22-10-12-9-20-5-3-2-4-15(20)13(12)6-17/h2-5,7-9H,10H2,1H3. The maximum atomic E-state index is 11.9. The number of carbonyl (C=O) groups excluding carboxylic acids is 1. The Labute approximate surface area is 126 Å². The summed E-state index contributed by atoms with van der Waals surface area (Å²) in [6, 6.07) is 7.71. The molecule has 108 valence electrons. The molecule has 0 atom stereocenters. The molecule has 3 aromatic heterocycles. The number of nitriles is 1. The minimum atomic E-state index is -0.563. The van der Waals surface area contributed by atoms with Gasteiger partial charge in [0, 0.05) is 24.2 Å². The van der Waals surface area contributed by atoms with Crippen LogP contribution in [0.5, 0.6) is 0 Å². The van der Waals surface area contributed by atoms with Crippen molar-refractivity contribution in [1.29, 1.82) is 5.26 Å². The molecule has 0 aliphatic heterocycles. The van der Waals surface area contributed by atoms with Crippen LogP contribution in [0.25, 0.3) is 5.52 Å². The third kappa shape index (κ3) is 2.52. The van der Waals surface area contributed by atoms with E-state index < -0.39 is 5.97 Å². The van der Waals surface area contributed by atoms with Crippen LogP contribution in [0.1, 0.15) is 27.3 Å². The number of pyridine rings is 1. The van der Waals surface area contributed by atoms with Crippen molar-refractivity contribution >= 4 is 11.5 Å². The monoisotopic (exact) mass is 292 g/mol. The summed E-state index contributed by atoms with van der Waals surface area (Å²) in [6.45, 7) is 1.80. The number of fused-ring (bicyclic) bond motifs is 1. The summed E-state index contributed by atoms with van der Waals surface area (Å²) in [4.78, 5) is 19.9. The first kappa shape index (κ1) is 13.8. The lowest BCUT2D eigenvalue weighted by Crippen LogP contribution is -2.08. The molecule has 0 aromatic carbocycles. The van der Waals surface area contributed by atoms with Crippen LogP contribution in [0.4, 0.5) is 0 Å². The Balaban J connectivity index is 1.81. The molecule has 3 heterocycles. The minimum absolute atomic E-state index is 0.0129. The molecule has 0 spiro atoms. The summed E-state index contributed by atoms with van der Waals surface area (Å²) in [6.07, 6.45) is 6.50. The van der Waals surface area contributed by atoms with Crippen molar-refractivity contribution in [3.63, 3.8) is 0 Å². The molecular weight excluding hydrogens is 280 g/mol. The quantitative estimate of drug-likeness (QED) is 0.692. The van der Waals surface area contributed by atoms with Crippen LogP contribution >= 0.6 is 0 Å². The van der Waals surface area contributed by atoms with Crippen LogP contribution in [-0.4, -0.2) is 20.3 Å². The van der Waals surface area contributed by atoms with E-state index in [1.165, 1.54) is 12.4 Å². The van der Waals surface area contributed by atoms with E-state index in [9.17, 15) is 10.1 Å². The zero-order chi connectivity index (χ0) is 15.5. The number of esters is 1. The molecule has 0 radical (unpaired) electrons. The summed E-state index contributed by atoms with van der Waals surface area (Å²) in [5.74, 6) is -0.563. The summed E-state index contributed by atoms with van der Waals surface area (Å²) in [7, 11) is 0. The fourth-order valence-corrected chi connectivity index (χ4v) is 2.13. The number of ether oxygens (including phenoxy) is 1. The van der Waals surface area contributed by atoms with E-state index in [1.54, 1.807) is 13.1 Å². The van der Waals surface area contributed by atoms with Gasteiger partial charge < -0.3 is 9.14 Å². The maximum absolute atomic E-state index is 11.9. The number of nitrogens with zero attached hydrogens (tertiary/aromatic N) is 4. The largest absolute Gasteiger partial charge is 0.456 e. The van der Waals surface area contributed by atoms with Gasteiger partial charge in [0.2, 0.25) is 0 Å². The Kier molecular flexibility index (Phi) is 3.54. The first-order valence-electron chi connectivity index (χ1n) is 6.63. The van der Waals surface area contributed by atoms with Crippen LogP contribution in [0.15, 0.2) is 43.0 Å². The van der Waals surface area contributed by atoms with Crippen molar-refractivity contribution < 1.29 is 9.53 Å². The molecule has 0 amide bonds. The van der Waals surface area contributed by atoms with Gasteiger partial charge in [0.25, 0.3) is 0 Å². The van der Waals surface area contributed by atoms with Crippen molar-refractivity contribution in [2.45, 2.75) is 13.5 Å². The van der Waals surface area contributed by atoms with E-state index in [0.29, 0.717) is 11.1 Å². The van der Waals surface area contributed by atoms with E-state index in [4.69, 9.17) is 4.74 Å². The molecule has 0 saturated heterocycles. The second-order valence-corrected chi connectivity index (χ2v) is 4.75. The van der Waals surface area contributed by atoms with Gasteiger partial charge >= 0.3 is 5.97 Å². The Morgan fingerprint density at radius 3 is 2.95 bits per heavy atom. The number of hydrogen-bond donors (Lipinski definition) is 0. The number of carbonyl (C=O) groups is 1. The molecule has 6 heteroatoms. The summed E-state index contributed by atoms with van der Waals surface area (Å²) < 4.78 is 7.05. The second-order valence-electron chi connectivity index (χ2n) is 4.75. The molecule has 22 heavy (non-hydrogen) atoms. The van der Waals surface area contributed by atoms with Gasteiger partial charge in [0.15, 0.2) is 5.69 Å². The van der Waals surface area contributed by atoms with Gasteiger partial charge in [-0.05, 0) is 19.1 Å². The van der Waals surface area contributed by atoms with Crippen molar-refractivity contribution in [2.75, 3.05) is 0 Å². The van der Waals surface area contributed by atoms with Crippen LogP contribution in [-0.2, 0) is 11.3 Å². The van der Waals surface area contributed by atoms with E-state index in [1.807, 2.05) is 28.8 Å². The van der Waals surface area contributed by atoms with Crippen LogP contribution < -0.4 is 0 Å². The second kappa shape index (κ2) is 5.66. The van der Waals surface area contributed by atoms with Crippen LogP contribution in [0.3, 0.4) is 0 Å². The molecule has 0 unspecified atom stereocenters. The number of aromatic nitrogens is 3. The first-order valence-corrected chi connectivity index (χ1v) is 6.63. The molecule has 0 aliphatic carbocycles. The zero-order valence-electron chi connectivity index (χ0n) is 11.9. The van der Waals surface area contributed by atoms with Crippen LogP contribution in [0, 0.1) is 18.3 Å². The highest BCUT2D eigenvalue weighted by molar-refractivity contribution is 5.86. The predicted octanol–water partition coefficient (Wildman–Crippen LogP) is 2.27. The topological polar surface area (TPSA) is 80.3 Å². The zero-order valence-corrected chi connectivity index (χ0v) is 11.9. The van der Waals surface area contributed by atoms with Gasteiger partial charge in [-0.15, -0.1) is 0 Å².